The molecule has 2 fully saturated rings. The van der Waals surface area contributed by atoms with Crippen molar-refractivity contribution in [1.29, 1.82) is 0 Å². The number of nitrogens with one attached hydrogen (secondary N) is 2. The van der Waals surface area contributed by atoms with E-state index in [0.29, 0.717) is 6.04 Å². The molecule has 2 aliphatic rings. The highest BCUT2D eigenvalue weighted by Gasteiger charge is 2.18. The van der Waals surface area contributed by atoms with Crippen LogP contribution in [0.3, 0.4) is 0 Å². The summed E-state index contributed by atoms with van der Waals surface area (Å²) in [5.74, 6) is 2.01. The van der Waals surface area contributed by atoms with E-state index in [9.17, 15) is 0 Å². The third-order valence-corrected chi connectivity index (χ3v) is 3.22. The van der Waals surface area contributed by atoms with Gasteiger partial charge in [-0.15, -0.1) is 0 Å². The average Bonchev–Trinajstić information content (AvgIpc) is 2.77. The van der Waals surface area contributed by atoms with Gasteiger partial charge in [-0.3, -0.25) is 0 Å². The minimum Gasteiger partial charge on any atom is -0.365 e. The minimum atomic E-state index is 0.529. The van der Waals surface area contributed by atoms with E-state index in [1.165, 1.54) is 12.8 Å². The monoisotopic (exact) mass is 219 g/mol. The predicted octanol–water partition coefficient (Wildman–Crippen LogP) is 0.460. The Bertz CT molecular complexity index is 357. The summed E-state index contributed by atoms with van der Waals surface area (Å²) in [6.45, 7) is 4.31. The van der Waals surface area contributed by atoms with Crippen LogP contribution in [-0.4, -0.2) is 42.2 Å². The smallest absolute Gasteiger partial charge is 0.134 e. The molecule has 2 N–H and O–H groups in total. The first-order chi connectivity index (χ1) is 7.92. The van der Waals surface area contributed by atoms with Crippen molar-refractivity contribution in [2.24, 2.45) is 0 Å². The third-order valence-electron chi connectivity index (χ3n) is 3.22. The van der Waals surface area contributed by atoms with Crippen LogP contribution in [0.2, 0.25) is 0 Å². The van der Waals surface area contributed by atoms with Crippen LogP contribution in [0, 0.1) is 0 Å². The first-order valence-electron chi connectivity index (χ1n) is 5.96. The molecule has 0 atom stereocenters. The average molecular weight is 219 g/mol. The Morgan fingerprint density at radius 3 is 2.75 bits per heavy atom. The van der Waals surface area contributed by atoms with Crippen molar-refractivity contribution in [3.05, 3.63) is 12.4 Å². The molecule has 5 nitrogen and oxygen atoms in total. The van der Waals surface area contributed by atoms with Gasteiger partial charge in [-0.05, 0) is 12.8 Å². The summed E-state index contributed by atoms with van der Waals surface area (Å²) in [4.78, 5) is 10.9. The van der Waals surface area contributed by atoms with E-state index in [4.69, 9.17) is 0 Å². The first kappa shape index (κ1) is 9.84. The Morgan fingerprint density at radius 2 is 2.06 bits per heavy atom. The van der Waals surface area contributed by atoms with Gasteiger partial charge >= 0.3 is 0 Å². The van der Waals surface area contributed by atoms with Gasteiger partial charge in [0.15, 0.2) is 0 Å². The molecular weight excluding hydrogens is 202 g/mol. The third kappa shape index (κ3) is 1.95. The van der Waals surface area contributed by atoms with Crippen LogP contribution < -0.4 is 15.5 Å². The van der Waals surface area contributed by atoms with Crippen LogP contribution in [0.5, 0.6) is 0 Å². The minimum absolute atomic E-state index is 0.529. The number of rotatable bonds is 3. The summed E-state index contributed by atoms with van der Waals surface area (Å²) in [6, 6.07) is 2.59. The molecule has 1 aromatic heterocycles. The Hall–Kier alpha value is -1.36. The molecule has 0 bridgehead atoms. The molecule has 16 heavy (non-hydrogen) atoms. The van der Waals surface area contributed by atoms with Crippen molar-refractivity contribution in [2.45, 2.75) is 18.9 Å². The zero-order valence-corrected chi connectivity index (χ0v) is 9.32. The highest BCUT2D eigenvalue weighted by molar-refractivity contribution is 5.49. The second-order valence-electron chi connectivity index (χ2n) is 4.46. The molecule has 0 aliphatic carbocycles. The Kier molecular flexibility index (Phi) is 2.61. The van der Waals surface area contributed by atoms with Crippen molar-refractivity contribution in [1.82, 2.24) is 15.3 Å². The second-order valence-corrected chi connectivity index (χ2v) is 4.46. The maximum Gasteiger partial charge on any atom is 0.134 e. The Morgan fingerprint density at radius 1 is 1.25 bits per heavy atom. The fourth-order valence-electron chi connectivity index (χ4n) is 2.15. The second kappa shape index (κ2) is 4.25. The van der Waals surface area contributed by atoms with Crippen molar-refractivity contribution < 1.29 is 0 Å². The summed E-state index contributed by atoms with van der Waals surface area (Å²) >= 11 is 0. The van der Waals surface area contributed by atoms with Crippen molar-refractivity contribution >= 4 is 11.6 Å². The van der Waals surface area contributed by atoms with Gasteiger partial charge in [0, 0.05) is 32.2 Å². The summed E-state index contributed by atoms with van der Waals surface area (Å²) in [5, 5.41) is 6.64. The largest absolute Gasteiger partial charge is 0.365 e. The molecule has 5 heteroatoms. The molecule has 2 aliphatic heterocycles. The van der Waals surface area contributed by atoms with Gasteiger partial charge < -0.3 is 15.5 Å². The molecule has 86 valence electrons. The number of nitrogens with zero attached hydrogens (tertiary/aromatic N) is 3. The zero-order valence-electron chi connectivity index (χ0n) is 9.32. The molecule has 0 amide bonds. The van der Waals surface area contributed by atoms with Crippen LogP contribution in [0.15, 0.2) is 12.4 Å². The molecule has 3 rings (SSSR count). The lowest BCUT2D eigenvalue weighted by Gasteiger charge is -2.28. The lowest BCUT2D eigenvalue weighted by atomic mass is 10.2. The van der Waals surface area contributed by atoms with Gasteiger partial charge in [0.2, 0.25) is 0 Å². The topological polar surface area (TPSA) is 53.1 Å². The van der Waals surface area contributed by atoms with Crippen LogP contribution in [0.1, 0.15) is 12.8 Å². The predicted molar refractivity (Wildman–Crippen MR) is 63.8 cm³/mol. The van der Waals surface area contributed by atoms with Crippen LogP contribution in [-0.2, 0) is 0 Å². The lowest BCUT2D eigenvalue weighted by molar-refractivity contribution is 0.471. The fraction of sp³-hybridized carbons (Fsp3) is 0.636. The number of anilines is 2. The number of aromatic nitrogens is 2. The van der Waals surface area contributed by atoms with Gasteiger partial charge in [0.1, 0.15) is 18.0 Å². The zero-order chi connectivity index (χ0) is 10.8. The number of hydrogen-bond donors (Lipinski definition) is 2. The highest BCUT2D eigenvalue weighted by atomic mass is 15.2. The van der Waals surface area contributed by atoms with Crippen molar-refractivity contribution in [3.8, 4) is 0 Å². The SMILES string of the molecule is c1nc(NC2CNC2)cc(N2CCCC2)n1. The van der Waals surface area contributed by atoms with Crippen molar-refractivity contribution in [3.63, 3.8) is 0 Å². The van der Waals surface area contributed by atoms with Crippen molar-refractivity contribution in [2.75, 3.05) is 36.4 Å². The van der Waals surface area contributed by atoms with E-state index >= 15 is 0 Å². The van der Waals surface area contributed by atoms with Gasteiger partial charge in [0.25, 0.3) is 0 Å². The molecule has 0 spiro atoms. The van der Waals surface area contributed by atoms with Crippen LogP contribution in [0.4, 0.5) is 11.6 Å². The molecule has 3 heterocycles. The molecule has 0 radical (unpaired) electrons. The summed E-state index contributed by atoms with van der Waals surface area (Å²) in [5.41, 5.74) is 0. The Balaban J connectivity index is 1.70. The fourth-order valence-corrected chi connectivity index (χ4v) is 2.15. The molecule has 0 unspecified atom stereocenters. The molecular formula is C11H17N5. The van der Waals surface area contributed by atoms with E-state index < -0.39 is 0 Å². The number of hydrogen-bond acceptors (Lipinski definition) is 5. The molecule has 2 saturated heterocycles. The van der Waals surface area contributed by atoms with Crippen LogP contribution in [0.25, 0.3) is 0 Å². The normalized spacial score (nSPS) is 20.9. The Labute approximate surface area is 95.3 Å². The van der Waals surface area contributed by atoms with E-state index in [1.54, 1.807) is 6.33 Å². The quantitative estimate of drug-likeness (QED) is 0.773. The first-order valence-corrected chi connectivity index (χ1v) is 5.96. The van der Waals surface area contributed by atoms with E-state index in [0.717, 1.165) is 37.8 Å². The van der Waals surface area contributed by atoms with Gasteiger partial charge in [-0.2, -0.15) is 0 Å². The van der Waals surface area contributed by atoms with Gasteiger partial charge in [-0.1, -0.05) is 0 Å². The molecule has 0 aromatic carbocycles. The maximum absolute atomic E-state index is 4.33. The van der Waals surface area contributed by atoms with Gasteiger partial charge in [-0.25, -0.2) is 9.97 Å². The van der Waals surface area contributed by atoms with E-state index in [2.05, 4.69) is 31.6 Å². The van der Waals surface area contributed by atoms with Gasteiger partial charge in [0.05, 0.1) is 6.04 Å². The summed E-state index contributed by atoms with van der Waals surface area (Å²) < 4.78 is 0. The summed E-state index contributed by atoms with van der Waals surface area (Å²) in [7, 11) is 0. The van der Waals surface area contributed by atoms with E-state index in [1.807, 2.05) is 0 Å². The molecule has 1 aromatic rings. The maximum atomic E-state index is 4.33. The lowest BCUT2D eigenvalue weighted by Crippen LogP contribution is -2.51. The molecule has 0 saturated carbocycles. The summed E-state index contributed by atoms with van der Waals surface area (Å²) in [6.07, 6.45) is 4.21. The highest BCUT2D eigenvalue weighted by Crippen LogP contribution is 2.19. The van der Waals surface area contributed by atoms with E-state index in [-0.39, 0.29) is 0 Å². The standard InChI is InChI=1S/C11H17N5/c1-2-4-16(3-1)11-5-10(13-8-14-11)15-9-6-12-7-9/h5,8-9,12H,1-4,6-7H2,(H,13,14,15). The van der Waals surface area contributed by atoms with Crippen LogP contribution >= 0.6 is 0 Å².